The third-order valence-corrected chi connectivity index (χ3v) is 5.99. The van der Waals surface area contributed by atoms with E-state index in [-0.39, 0.29) is 0 Å². The van der Waals surface area contributed by atoms with Crippen molar-refractivity contribution in [1.82, 2.24) is 0 Å². The van der Waals surface area contributed by atoms with Crippen molar-refractivity contribution < 1.29 is 70.4 Å². The van der Waals surface area contributed by atoms with Crippen LogP contribution in [0.15, 0.2) is 23.2 Å². The number of carbonyl (C=O) groups is 1. The van der Waals surface area contributed by atoms with E-state index in [1.165, 1.54) is 0 Å². The number of hydrogen-bond donors (Lipinski definition) is 11. The molecule has 0 amide bonds. The summed E-state index contributed by atoms with van der Waals surface area (Å²) in [6, 6.07) is 0. The van der Waals surface area contributed by atoms with E-state index < -0.39 is 103 Å². The van der Waals surface area contributed by atoms with Gasteiger partial charge in [-0.1, -0.05) is 0 Å². The van der Waals surface area contributed by atoms with Crippen LogP contribution in [-0.4, -0.2) is 142 Å². The number of ether oxygens (including phenoxy) is 2. The van der Waals surface area contributed by atoms with Crippen molar-refractivity contribution in [3.05, 3.63) is 23.2 Å². The lowest BCUT2D eigenvalue weighted by molar-refractivity contribution is -0.263. The zero-order valence-corrected chi connectivity index (χ0v) is 16.4. The van der Waals surface area contributed by atoms with Crippen molar-refractivity contribution >= 4 is 5.78 Å². The molecule has 0 spiro atoms. The average molecular weight is 466 g/mol. The first kappa shape index (κ1) is 24.9. The number of ketones is 1. The van der Waals surface area contributed by atoms with E-state index in [0.717, 1.165) is 0 Å². The lowest BCUT2D eigenvalue weighted by Gasteiger charge is -2.47. The molecular weight excluding hydrogens is 440 g/mol. The molecule has 0 radical (unpaired) electrons. The zero-order valence-electron chi connectivity index (χ0n) is 16.4. The van der Waals surface area contributed by atoms with Crippen molar-refractivity contribution in [3.63, 3.8) is 0 Å². The van der Waals surface area contributed by atoms with Crippen LogP contribution >= 0.6 is 0 Å². The molecule has 2 heterocycles. The minimum absolute atomic E-state index is 0.375. The van der Waals surface area contributed by atoms with E-state index in [1.54, 1.807) is 0 Å². The Labute approximate surface area is 180 Å². The highest BCUT2D eigenvalue weighted by Crippen LogP contribution is 2.40. The average Bonchev–Trinajstić information content (AvgIpc) is 2.74. The van der Waals surface area contributed by atoms with Crippen LogP contribution in [0.3, 0.4) is 0 Å². The SMILES string of the molecule is O=C1C=C(O)C(C(O)C2OCC(O)C(O)C2O)=C(O)C1(O)[C@@H]1O[C@H](CO)[C@@H](O)[C@H](O)[C@H]1O. The van der Waals surface area contributed by atoms with Gasteiger partial charge in [-0.3, -0.25) is 4.79 Å². The maximum absolute atomic E-state index is 12.6. The van der Waals surface area contributed by atoms with Gasteiger partial charge >= 0.3 is 0 Å². The Bertz CT molecular complexity index is 795. The Morgan fingerprint density at radius 2 is 1.62 bits per heavy atom. The smallest absolute Gasteiger partial charge is 0.213 e. The molecule has 1 aliphatic carbocycles. The Balaban J connectivity index is 2.03. The Kier molecular flexibility index (Phi) is 6.95. The molecule has 0 saturated carbocycles. The van der Waals surface area contributed by atoms with Crippen molar-refractivity contribution in [3.8, 4) is 0 Å². The van der Waals surface area contributed by atoms with Gasteiger partial charge in [0.25, 0.3) is 0 Å². The summed E-state index contributed by atoms with van der Waals surface area (Å²) < 4.78 is 10.2. The van der Waals surface area contributed by atoms with E-state index >= 15 is 0 Å². The minimum atomic E-state index is -3.21. The normalized spacial score (nSPS) is 46.7. The molecule has 14 nitrogen and oxygen atoms in total. The van der Waals surface area contributed by atoms with E-state index in [0.29, 0.717) is 6.08 Å². The second kappa shape index (κ2) is 8.92. The molecule has 0 aromatic heterocycles. The summed E-state index contributed by atoms with van der Waals surface area (Å²) in [5.74, 6) is -3.92. The summed E-state index contributed by atoms with van der Waals surface area (Å²) in [6.07, 6.45) is -18.5. The third kappa shape index (κ3) is 3.72. The van der Waals surface area contributed by atoms with Gasteiger partial charge in [0, 0.05) is 6.08 Å². The van der Waals surface area contributed by atoms with E-state index in [4.69, 9.17) is 9.47 Å². The second-order valence-electron chi connectivity index (χ2n) is 7.96. The highest BCUT2D eigenvalue weighted by Gasteiger charge is 2.60. The molecular formula is C18H26O14. The molecule has 32 heavy (non-hydrogen) atoms. The van der Waals surface area contributed by atoms with Crippen LogP contribution in [-0.2, 0) is 14.3 Å². The predicted octanol–water partition coefficient (Wildman–Crippen LogP) is -5.76. The van der Waals surface area contributed by atoms with Gasteiger partial charge < -0.3 is 65.6 Å². The van der Waals surface area contributed by atoms with Crippen LogP contribution in [0.5, 0.6) is 0 Å². The van der Waals surface area contributed by atoms with Crippen LogP contribution in [0.4, 0.5) is 0 Å². The lowest BCUT2D eigenvalue weighted by Crippen LogP contribution is -2.68. The quantitative estimate of drug-likeness (QED) is 0.184. The van der Waals surface area contributed by atoms with Gasteiger partial charge in [-0.2, -0.15) is 0 Å². The van der Waals surface area contributed by atoms with Gasteiger partial charge in [0.15, 0.2) is 0 Å². The molecule has 14 heteroatoms. The number of hydrogen-bond acceptors (Lipinski definition) is 14. The monoisotopic (exact) mass is 466 g/mol. The summed E-state index contributed by atoms with van der Waals surface area (Å²) >= 11 is 0. The van der Waals surface area contributed by atoms with Crippen molar-refractivity contribution in [2.75, 3.05) is 13.2 Å². The number of rotatable bonds is 4. The van der Waals surface area contributed by atoms with Gasteiger partial charge in [-0.15, -0.1) is 0 Å². The first-order valence-corrected chi connectivity index (χ1v) is 9.63. The molecule has 0 aromatic carbocycles. The lowest BCUT2D eigenvalue weighted by atomic mass is 9.75. The van der Waals surface area contributed by atoms with Gasteiger partial charge in [0.1, 0.15) is 72.6 Å². The van der Waals surface area contributed by atoms with Gasteiger partial charge in [-0.25, -0.2) is 0 Å². The highest BCUT2D eigenvalue weighted by molar-refractivity contribution is 6.02. The van der Waals surface area contributed by atoms with E-state index in [2.05, 4.69) is 0 Å². The van der Waals surface area contributed by atoms with Crippen molar-refractivity contribution in [2.24, 2.45) is 0 Å². The number of carbonyl (C=O) groups excluding carboxylic acids is 1. The summed E-state index contributed by atoms with van der Waals surface area (Å²) in [5, 5.41) is 112. The van der Waals surface area contributed by atoms with Crippen LogP contribution in [0, 0.1) is 0 Å². The second-order valence-corrected chi connectivity index (χ2v) is 7.96. The van der Waals surface area contributed by atoms with Crippen molar-refractivity contribution in [2.45, 2.75) is 66.6 Å². The first-order chi connectivity index (χ1) is 14.9. The molecule has 2 fully saturated rings. The Morgan fingerprint density at radius 1 is 1.00 bits per heavy atom. The topological polar surface area (TPSA) is 258 Å². The van der Waals surface area contributed by atoms with Gasteiger partial charge in [0.05, 0.1) is 18.8 Å². The molecule has 6 unspecified atom stereocenters. The molecule has 2 aliphatic heterocycles. The summed E-state index contributed by atoms with van der Waals surface area (Å²) in [7, 11) is 0. The minimum Gasteiger partial charge on any atom is -0.508 e. The van der Waals surface area contributed by atoms with Crippen LogP contribution in [0.1, 0.15) is 0 Å². The third-order valence-electron chi connectivity index (χ3n) is 5.99. The van der Waals surface area contributed by atoms with Crippen molar-refractivity contribution in [1.29, 1.82) is 0 Å². The summed E-state index contributed by atoms with van der Waals surface area (Å²) in [4.78, 5) is 12.6. The Morgan fingerprint density at radius 3 is 2.22 bits per heavy atom. The molecule has 182 valence electrons. The molecule has 3 rings (SSSR count). The molecule has 11 atom stereocenters. The van der Waals surface area contributed by atoms with Crippen LogP contribution in [0.25, 0.3) is 0 Å². The largest absolute Gasteiger partial charge is 0.508 e. The summed E-state index contributed by atoms with van der Waals surface area (Å²) in [6.45, 7) is -1.45. The van der Waals surface area contributed by atoms with E-state index in [1.807, 2.05) is 0 Å². The van der Waals surface area contributed by atoms with Gasteiger partial charge in [0.2, 0.25) is 11.4 Å². The predicted molar refractivity (Wildman–Crippen MR) is 97.9 cm³/mol. The standard InChI is InChI=1S/C18H26O14/c19-2-6-10(24)12(26)14(28)17(32-6)18(30)7(22)1-4(20)8(16(18)29)11(25)15-13(27)9(23)5(21)3-31-15/h1,5-6,9-15,17,19-21,23-30H,2-3H2/t5?,6-,9?,10-,11?,12+,13?,14-,15?,17-,18?/m1/s1. The molecule has 0 aromatic rings. The zero-order chi connectivity index (χ0) is 24.1. The fourth-order valence-electron chi connectivity index (χ4n) is 4.04. The molecule has 11 N–H and O–H groups in total. The number of aliphatic hydroxyl groups is 11. The van der Waals surface area contributed by atoms with E-state index in [9.17, 15) is 61.0 Å². The molecule has 3 aliphatic rings. The highest BCUT2D eigenvalue weighted by atomic mass is 16.6. The van der Waals surface area contributed by atoms with Crippen LogP contribution in [0.2, 0.25) is 0 Å². The Hall–Kier alpha value is -1.69. The van der Waals surface area contributed by atoms with Gasteiger partial charge in [-0.05, 0) is 0 Å². The first-order valence-electron chi connectivity index (χ1n) is 9.63. The maximum atomic E-state index is 12.6. The maximum Gasteiger partial charge on any atom is 0.213 e. The molecule has 0 bridgehead atoms. The molecule has 2 saturated heterocycles. The van der Waals surface area contributed by atoms with Crippen LogP contribution < -0.4 is 0 Å². The summed E-state index contributed by atoms with van der Waals surface area (Å²) in [5.41, 5.74) is -4.15. The number of aliphatic hydroxyl groups excluding tert-OH is 10. The fourth-order valence-corrected chi connectivity index (χ4v) is 4.04. The fraction of sp³-hybridized carbons (Fsp3) is 0.722.